The van der Waals surface area contributed by atoms with Crippen molar-refractivity contribution in [1.82, 2.24) is 0 Å². The van der Waals surface area contributed by atoms with E-state index in [0.29, 0.717) is 11.3 Å². The molecular formula is C12H17NO4S. The lowest BCUT2D eigenvalue weighted by Gasteiger charge is -2.14. The van der Waals surface area contributed by atoms with Crippen LogP contribution in [0.25, 0.3) is 0 Å². The normalized spacial score (nSPS) is 13.1. The summed E-state index contributed by atoms with van der Waals surface area (Å²) in [5, 5.41) is -1.24. The van der Waals surface area contributed by atoms with Crippen LogP contribution in [0.1, 0.15) is 19.4 Å². The molecule has 1 aromatic rings. The summed E-state index contributed by atoms with van der Waals surface area (Å²) in [5.41, 5.74) is 6.48. The number of ether oxygens (including phenoxy) is 1. The van der Waals surface area contributed by atoms with E-state index in [1.165, 1.54) is 13.0 Å². The van der Waals surface area contributed by atoms with Gasteiger partial charge in [-0.3, -0.25) is 4.79 Å². The van der Waals surface area contributed by atoms with Crippen molar-refractivity contribution in [2.75, 3.05) is 12.3 Å². The number of benzene rings is 1. The van der Waals surface area contributed by atoms with Crippen LogP contribution >= 0.6 is 0 Å². The molecule has 18 heavy (non-hydrogen) atoms. The van der Waals surface area contributed by atoms with Gasteiger partial charge >= 0.3 is 5.97 Å². The molecule has 6 heteroatoms. The molecular weight excluding hydrogens is 254 g/mol. The number of hydrogen-bond donors (Lipinski definition) is 1. The van der Waals surface area contributed by atoms with Gasteiger partial charge < -0.3 is 10.5 Å². The number of sulfone groups is 1. The molecule has 0 aliphatic heterocycles. The summed E-state index contributed by atoms with van der Waals surface area (Å²) >= 11 is 0. The zero-order valence-electron chi connectivity index (χ0n) is 10.6. The largest absolute Gasteiger partial charge is 0.465 e. The minimum Gasteiger partial charge on any atom is -0.465 e. The van der Waals surface area contributed by atoms with E-state index in [2.05, 4.69) is 0 Å². The minimum absolute atomic E-state index is 0.0723. The van der Waals surface area contributed by atoms with Gasteiger partial charge in [-0.15, -0.1) is 0 Å². The quantitative estimate of drug-likeness (QED) is 0.659. The van der Waals surface area contributed by atoms with Crippen molar-refractivity contribution in [1.29, 1.82) is 0 Å². The van der Waals surface area contributed by atoms with Crippen LogP contribution in [-0.4, -0.2) is 26.2 Å². The van der Waals surface area contributed by atoms with Gasteiger partial charge in [0.25, 0.3) is 0 Å². The Kier molecular flexibility index (Phi) is 4.34. The van der Waals surface area contributed by atoms with Crippen LogP contribution in [0.5, 0.6) is 0 Å². The van der Waals surface area contributed by atoms with Crippen molar-refractivity contribution in [3.63, 3.8) is 0 Å². The highest BCUT2D eigenvalue weighted by atomic mass is 32.2. The van der Waals surface area contributed by atoms with E-state index in [4.69, 9.17) is 10.5 Å². The molecule has 1 rings (SSSR count). The topological polar surface area (TPSA) is 86.5 Å². The third-order valence-corrected chi connectivity index (χ3v) is 4.78. The van der Waals surface area contributed by atoms with Crippen molar-refractivity contribution in [3.8, 4) is 0 Å². The molecule has 0 bridgehead atoms. The van der Waals surface area contributed by atoms with Crippen molar-refractivity contribution in [2.45, 2.75) is 30.9 Å². The Hall–Kier alpha value is -1.56. The third kappa shape index (κ3) is 2.81. The second kappa shape index (κ2) is 5.39. The molecule has 5 nitrogen and oxygen atoms in total. The fraction of sp³-hybridized carbons (Fsp3) is 0.417. The Morgan fingerprint density at radius 2 is 2.06 bits per heavy atom. The molecule has 100 valence electrons. The monoisotopic (exact) mass is 271 g/mol. The van der Waals surface area contributed by atoms with Crippen LogP contribution in [0.4, 0.5) is 5.69 Å². The first-order chi connectivity index (χ1) is 8.30. The lowest BCUT2D eigenvalue weighted by Crippen LogP contribution is -2.29. The van der Waals surface area contributed by atoms with Gasteiger partial charge in [-0.05, 0) is 38.5 Å². The number of hydrogen-bond acceptors (Lipinski definition) is 5. The Labute approximate surface area is 107 Å². The Bertz CT molecular complexity index is 551. The second-order valence-electron chi connectivity index (χ2n) is 3.96. The molecule has 0 saturated carbocycles. The average molecular weight is 271 g/mol. The summed E-state index contributed by atoms with van der Waals surface area (Å²) in [6.07, 6.45) is 0. The molecule has 1 aromatic carbocycles. The van der Waals surface area contributed by atoms with Crippen molar-refractivity contribution >= 4 is 21.5 Å². The zero-order valence-corrected chi connectivity index (χ0v) is 11.5. The highest BCUT2D eigenvalue weighted by Crippen LogP contribution is 2.23. The van der Waals surface area contributed by atoms with E-state index in [1.807, 2.05) is 0 Å². The number of aryl methyl sites for hydroxylation is 1. The van der Waals surface area contributed by atoms with Gasteiger partial charge in [0.1, 0.15) is 0 Å². The van der Waals surface area contributed by atoms with Crippen LogP contribution in [-0.2, 0) is 19.4 Å². The van der Waals surface area contributed by atoms with E-state index in [9.17, 15) is 13.2 Å². The number of nitrogens with two attached hydrogens (primary N) is 1. The summed E-state index contributed by atoms with van der Waals surface area (Å²) in [4.78, 5) is 11.6. The van der Waals surface area contributed by atoms with Crippen LogP contribution in [0, 0.1) is 6.92 Å². The van der Waals surface area contributed by atoms with E-state index in [-0.39, 0.29) is 11.5 Å². The van der Waals surface area contributed by atoms with Gasteiger partial charge in [-0.1, -0.05) is 6.07 Å². The van der Waals surface area contributed by atoms with Crippen LogP contribution in [0.2, 0.25) is 0 Å². The van der Waals surface area contributed by atoms with E-state index in [0.717, 1.165) is 0 Å². The highest BCUT2D eigenvalue weighted by molar-refractivity contribution is 7.92. The van der Waals surface area contributed by atoms with Gasteiger partial charge in [0, 0.05) is 5.69 Å². The molecule has 0 aliphatic carbocycles. The first-order valence-electron chi connectivity index (χ1n) is 5.57. The number of esters is 1. The molecule has 0 aliphatic rings. The van der Waals surface area contributed by atoms with Gasteiger partial charge in [0.15, 0.2) is 15.1 Å². The predicted octanol–water partition coefficient (Wildman–Crippen LogP) is 1.30. The average Bonchev–Trinajstić information content (AvgIpc) is 2.31. The standard InChI is InChI=1S/C12H17NO4S/c1-4-17-12(14)9(3)18(15,16)11-7-10(13)6-5-8(11)2/h5-7,9H,4,13H2,1-3H3. The predicted molar refractivity (Wildman–Crippen MR) is 68.9 cm³/mol. The van der Waals surface area contributed by atoms with Crippen molar-refractivity contribution in [2.24, 2.45) is 0 Å². The fourth-order valence-corrected chi connectivity index (χ4v) is 3.02. The highest BCUT2D eigenvalue weighted by Gasteiger charge is 2.32. The Balaban J connectivity index is 3.21. The molecule has 0 amide bonds. The summed E-state index contributed by atoms with van der Waals surface area (Å²) in [6.45, 7) is 4.75. The zero-order chi connectivity index (χ0) is 13.9. The summed E-state index contributed by atoms with van der Waals surface area (Å²) in [6, 6.07) is 4.59. The Morgan fingerprint density at radius 3 is 2.61 bits per heavy atom. The number of rotatable bonds is 4. The van der Waals surface area contributed by atoms with Crippen LogP contribution in [0.3, 0.4) is 0 Å². The molecule has 0 radical (unpaired) electrons. The Morgan fingerprint density at radius 1 is 1.44 bits per heavy atom. The van der Waals surface area contributed by atoms with E-state index in [1.54, 1.807) is 26.0 Å². The van der Waals surface area contributed by atoms with Crippen molar-refractivity contribution in [3.05, 3.63) is 23.8 Å². The molecule has 2 N–H and O–H groups in total. The lowest BCUT2D eigenvalue weighted by molar-refractivity contribution is -0.142. The molecule has 0 saturated heterocycles. The van der Waals surface area contributed by atoms with Crippen LogP contribution < -0.4 is 5.73 Å². The summed E-state index contributed by atoms with van der Waals surface area (Å²) in [5.74, 6) is -0.751. The van der Waals surface area contributed by atoms with Crippen LogP contribution in [0.15, 0.2) is 23.1 Å². The van der Waals surface area contributed by atoms with Gasteiger partial charge in [-0.25, -0.2) is 8.42 Å². The maximum Gasteiger partial charge on any atom is 0.324 e. The van der Waals surface area contributed by atoms with Crippen molar-refractivity contribution < 1.29 is 17.9 Å². The summed E-state index contributed by atoms with van der Waals surface area (Å²) < 4.78 is 29.3. The molecule has 1 unspecified atom stereocenters. The third-order valence-electron chi connectivity index (χ3n) is 2.60. The number of nitrogen functional groups attached to an aromatic ring is 1. The first kappa shape index (κ1) is 14.5. The SMILES string of the molecule is CCOC(=O)C(C)S(=O)(=O)c1cc(N)ccc1C. The lowest BCUT2D eigenvalue weighted by atomic mass is 10.2. The molecule has 0 aromatic heterocycles. The first-order valence-corrected chi connectivity index (χ1v) is 7.12. The maximum absolute atomic E-state index is 12.3. The number of anilines is 1. The van der Waals surface area contributed by atoms with E-state index < -0.39 is 21.1 Å². The number of carbonyl (C=O) groups is 1. The van der Waals surface area contributed by atoms with Gasteiger partial charge in [0.2, 0.25) is 0 Å². The fourth-order valence-electron chi connectivity index (χ4n) is 1.50. The van der Waals surface area contributed by atoms with Gasteiger partial charge in [-0.2, -0.15) is 0 Å². The summed E-state index contributed by atoms with van der Waals surface area (Å²) in [7, 11) is -3.77. The van der Waals surface area contributed by atoms with Gasteiger partial charge in [0.05, 0.1) is 11.5 Å². The molecule has 0 spiro atoms. The number of carbonyl (C=O) groups excluding carboxylic acids is 1. The molecule has 1 atom stereocenters. The second-order valence-corrected chi connectivity index (χ2v) is 6.20. The maximum atomic E-state index is 12.3. The minimum atomic E-state index is -3.77. The molecule has 0 fully saturated rings. The van der Waals surface area contributed by atoms with E-state index >= 15 is 0 Å². The molecule has 0 heterocycles. The smallest absolute Gasteiger partial charge is 0.324 e.